The summed E-state index contributed by atoms with van der Waals surface area (Å²) in [6, 6.07) is 15.0. The van der Waals surface area contributed by atoms with Crippen LogP contribution in [-0.4, -0.2) is 11.9 Å². The molecule has 2 heteroatoms. The van der Waals surface area contributed by atoms with Gasteiger partial charge in [0.1, 0.15) is 0 Å². The fourth-order valence-electron chi connectivity index (χ4n) is 2.27. The fraction of sp³-hybridized carbons (Fsp3) is 0.318. The Hall–Kier alpha value is -2.35. The van der Waals surface area contributed by atoms with Gasteiger partial charge in [-0.2, -0.15) is 0 Å². The molecule has 0 saturated carbocycles. The van der Waals surface area contributed by atoms with E-state index in [1.165, 1.54) is 16.3 Å². The van der Waals surface area contributed by atoms with Crippen LogP contribution in [0.4, 0.5) is 0 Å². The van der Waals surface area contributed by atoms with Crippen LogP contribution in [0.5, 0.6) is 0 Å². The summed E-state index contributed by atoms with van der Waals surface area (Å²) in [4.78, 5) is 11.8. The molecule has 0 aromatic heterocycles. The van der Waals surface area contributed by atoms with Crippen LogP contribution in [0.2, 0.25) is 0 Å². The lowest BCUT2D eigenvalue weighted by molar-refractivity contribution is -0.117. The maximum atomic E-state index is 11.8. The molecule has 0 radical (unpaired) electrons. The van der Waals surface area contributed by atoms with E-state index < -0.39 is 0 Å². The van der Waals surface area contributed by atoms with E-state index in [1.54, 1.807) is 12.2 Å². The van der Waals surface area contributed by atoms with E-state index in [-0.39, 0.29) is 17.4 Å². The lowest BCUT2D eigenvalue weighted by Gasteiger charge is -2.27. The van der Waals surface area contributed by atoms with Gasteiger partial charge in [-0.3, -0.25) is 4.79 Å². The number of carbonyl (C=O) groups excluding carboxylic acids is 1. The number of allylic oxidation sites excluding steroid dienone is 3. The molecule has 0 aliphatic rings. The predicted molar refractivity (Wildman–Crippen MR) is 103 cm³/mol. The van der Waals surface area contributed by atoms with Gasteiger partial charge in [0.15, 0.2) is 0 Å². The summed E-state index contributed by atoms with van der Waals surface area (Å²) >= 11 is 0. The minimum Gasteiger partial charge on any atom is -0.350 e. The molecule has 2 rings (SSSR count). The molecule has 1 amide bonds. The lowest BCUT2D eigenvalue weighted by Crippen LogP contribution is -2.40. The number of carbonyl (C=O) groups is 1. The molecule has 24 heavy (non-hydrogen) atoms. The minimum atomic E-state index is -0.0484. The van der Waals surface area contributed by atoms with Crippen molar-refractivity contribution >= 4 is 16.7 Å². The van der Waals surface area contributed by atoms with E-state index in [9.17, 15) is 4.79 Å². The second kappa shape index (κ2) is 7.96. The monoisotopic (exact) mass is 321 g/mol. The summed E-state index contributed by atoms with van der Waals surface area (Å²) in [5.74, 6) is -0.0484. The number of hydrogen-bond acceptors (Lipinski definition) is 1. The van der Waals surface area contributed by atoms with Crippen molar-refractivity contribution in [1.82, 2.24) is 5.32 Å². The normalized spacial score (nSPS) is 13.7. The van der Waals surface area contributed by atoms with Gasteiger partial charge >= 0.3 is 0 Å². The molecule has 0 spiro atoms. The Balaban J connectivity index is 1.86. The zero-order valence-electron chi connectivity index (χ0n) is 15.0. The summed E-state index contributed by atoms with van der Waals surface area (Å²) in [5, 5.41) is 5.51. The Labute approximate surface area is 145 Å². The molecule has 0 fully saturated rings. The van der Waals surface area contributed by atoms with Gasteiger partial charge in [-0.15, -0.1) is 0 Å². The summed E-state index contributed by atoms with van der Waals surface area (Å²) < 4.78 is 0. The SMILES string of the molecule is CC(NC(=O)/C=C/C=C/Cc1ccc2ccccc2c1)C(C)(C)C. The van der Waals surface area contributed by atoms with E-state index in [1.807, 2.05) is 13.0 Å². The maximum Gasteiger partial charge on any atom is 0.244 e. The molecular weight excluding hydrogens is 294 g/mol. The molecule has 0 aliphatic carbocycles. The van der Waals surface area contributed by atoms with Crippen molar-refractivity contribution in [2.45, 2.75) is 40.2 Å². The van der Waals surface area contributed by atoms with Crippen LogP contribution in [0.25, 0.3) is 10.8 Å². The highest BCUT2D eigenvalue weighted by Crippen LogP contribution is 2.18. The van der Waals surface area contributed by atoms with Crippen LogP contribution in [0.3, 0.4) is 0 Å². The number of benzene rings is 2. The van der Waals surface area contributed by atoms with Crippen molar-refractivity contribution < 1.29 is 4.79 Å². The topological polar surface area (TPSA) is 29.1 Å². The third-order valence-electron chi connectivity index (χ3n) is 4.32. The molecule has 2 nitrogen and oxygen atoms in total. The first-order chi connectivity index (χ1) is 11.4. The van der Waals surface area contributed by atoms with E-state index in [0.717, 1.165) is 6.42 Å². The van der Waals surface area contributed by atoms with E-state index >= 15 is 0 Å². The molecule has 1 atom stereocenters. The predicted octanol–water partition coefficient (Wildman–Crippen LogP) is 5.05. The highest BCUT2D eigenvalue weighted by Gasteiger charge is 2.20. The third-order valence-corrected chi connectivity index (χ3v) is 4.32. The van der Waals surface area contributed by atoms with Gasteiger partial charge in [0.25, 0.3) is 0 Å². The maximum absolute atomic E-state index is 11.8. The van der Waals surface area contributed by atoms with Gasteiger partial charge in [0, 0.05) is 12.1 Å². The van der Waals surface area contributed by atoms with E-state index in [4.69, 9.17) is 0 Å². The third kappa shape index (κ3) is 5.38. The molecule has 126 valence electrons. The van der Waals surface area contributed by atoms with Crippen molar-refractivity contribution in [3.8, 4) is 0 Å². The lowest BCUT2D eigenvalue weighted by atomic mass is 9.88. The van der Waals surface area contributed by atoms with Crippen LogP contribution in [0, 0.1) is 5.41 Å². The van der Waals surface area contributed by atoms with Gasteiger partial charge in [0.2, 0.25) is 5.91 Å². The number of nitrogens with one attached hydrogen (secondary N) is 1. The summed E-state index contributed by atoms with van der Waals surface area (Å²) in [6.45, 7) is 8.38. The number of hydrogen-bond donors (Lipinski definition) is 1. The zero-order chi connectivity index (χ0) is 17.6. The zero-order valence-corrected chi connectivity index (χ0v) is 15.0. The first-order valence-electron chi connectivity index (χ1n) is 8.47. The summed E-state index contributed by atoms with van der Waals surface area (Å²) in [5.41, 5.74) is 1.33. The van der Waals surface area contributed by atoms with Crippen molar-refractivity contribution in [3.05, 3.63) is 72.3 Å². The van der Waals surface area contributed by atoms with Crippen LogP contribution in [-0.2, 0) is 11.2 Å². The molecule has 1 N–H and O–H groups in total. The first-order valence-corrected chi connectivity index (χ1v) is 8.47. The highest BCUT2D eigenvalue weighted by atomic mass is 16.1. The van der Waals surface area contributed by atoms with Gasteiger partial charge < -0.3 is 5.32 Å². The van der Waals surface area contributed by atoms with Crippen molar-refractivity contribution in [1.29, 1.82) is 0 Å². The molecule has 1 unspecified atom stereocenters. The average Bonchev–Trinajstić information content (AvgIpc) is 2.53. The Morgan fingerprint density at radius 3 is 2.50 bits per heavy atom. The second-order valence-electron chi connectivity index (χ2n) is 7.27. The largest absolute Gasteiger partial charge is 0.350 e. The number of amides is 1. The smallest absolute Gasteiger partial charge is 0.244 e. The number of fused-ring (bicyclic) bond motifs is 1. The molecule has 2 aromatic carbocycles. The number of rotatable bonds is 5. The van der Waals surface area contributed by atoms with Crippen LogP contribution in [0.1, 0.15) is 33.3 Å². The Bertz CT molecular complexity index is 750. The van der Waals surface area contributed by atoms with Crippen molar-refractivity contribution in [3.63, 3.8) is 0 Å². The molecule has 2 aromatic rings. The van der Waals surface area contributed by atoms with Crippen LogP contribution < -0.4 is 5.32 Å². The Morgan fingerprint density at radius 1 is 1.08 bits per heavy atom. The molecule has 0 bridgehead atoms. The Kier molecular flexibility index (Phi) is 5.97. The Morgan fingerprint density at radius 2 is 1.79 bits per heavy atom. The second-order valence-corrected chi connectivity index (χ2v) is 7.27. The van der Waals surface area contributed by atoms with E-state index in [0.29, 0.717) is 0 Å². The van der Waals surface area contributed by atoms with Gasteiger partial charge in [-0.1, -0.05) is 81.5 Å². The quantitative estimate of drug-likeness (QED) is 0.606. The summed E-state index contributed by atoms with van der Waals surface area (Å²) in [6.07, 6.45) is 8.23. The van der Waals surface area contributed by atoms with E-state index in [2.05, 4.69) is 74.6 Å². The van der Waals surface area contributed by atoms with Gasteiger partial charge in [0.05, 0.1) is 0 Å². The molecule has 0 saturated heterocycles. The molecular formula is C22H27NO. The average molecular weight is 321 g/mol. The summed E-state index contributed by atoms with van der Waals surface area (Å²) in [7, 11) is 0. The standard InChI is InChI=1S/C22H27NO/c1-17(22(2,3)4)23-21(24)13-7-5-6-10-18-14-15-19-11-8-9-12-20(19)16-18/h5-9,11-17H,10H2,1-4H3,(H,23,24)/b6-5+,13-7+. The minimum absolute atomic E-state index is 0.0484. The fourth-order valence-corrected chi connectivity index (χ4v) is 2.27. The molecule has 0 aliphatic heterocycles. The van der Waals surface area contributed by atoms with Crippen molar-refractivity contribution in [2.24, 2.45) is 5.41 Å². The van der Waals surface area contributed by atoms with Crippen LogP contribution in [0.15, 0.2) is 66.8 Å². The van der Waals surface area contributed by atoms with Crippen molar-refractivity contribution in [2.75, 3.05) is 0 Å². The van der Waals surface area contributed by atoms with Gasteiger partial charge in [-0.25, -0.2) is 0 Å². The highest BCUT2D eigenvalue weighted by molar-refractivity contribution is 5.88. The first kappa shape index (κ1) is 18.0. The van der Waals surface area contributed by atoms with Gasteiger partial charge in [-0.05, 0) is 35.1 Å². The molecule has 0 heterocycles. The van der Waals surface area contributed by atoms with Crippen LogP contribution >= 0.6 is 0 Å².